The molecule has 34 heavy (non-hydrogen) atoms. The van der Waals surface area contributed by atoms with E-state index in [1.807, 2.05) is 24.0 Å². The molecular formula is C26H31N3O5. The Hall–Kier alpha value is -3.00. The van der Waals surface area contributed by atoms with E-state index in [4.69, 9.17) is 15.5 Å². The van der Waals surface area contributed by atoms with Gasteiger partial charge in [-0.1, -0.05) is 20.8 Å². The van der Waals surface area contributed by atoms with Crippen molar-refractivity contribution in [3.05, 3.63) is 46.4 Å². The lowest BCUT2D eigenvalue weighted by Gasteiger charge is -2.44. The highest BCUT2D eigenvalue weighted by Gasteiger charge is 2.56. The number of ketones is 1. The average Bonchev–Trinajstić information content (AvgIpc) is 3.21. The first kappa shape index (κ1) is 22.8. The first-order chi connectivity index (χ1) is 16.2. The second-order valence-electron chi connectivity index (χ2n) is 10.1. The Labute approximate surface area is 198 Å². The molecule has 8 nitrogen and oxygen atoms in total. The molecule has 0 radical (unpaired) electrons. The molecule has 0 aromatic heterocycles. The first-order valence-corrected chi connectivity index (χ1v) is 12.0. The van der Waals surface area contributed by atoms with Crippen molar-refractivity contribution in [3.63, 3.8) is 0 Å². The molecule has 5 aliphatic rings. The summed E-state index contributed by atoms with van der Waals surface area (Å²) in [6.45, 7) is 6.37. The second kappa shape index (κ2) is 7.77. The minimum Gasteiger partial charge on any atom is -0.508 e. The second-order valence-corrected chi connectivity index (χ2v) is 10.1. The number of nitrogens with two attached hydrogens (primary N) is 1. The summed E-state index contributed by atoms with van der Waals surface area (Å²) in [6, 6.07) is -0.293. The molecule has 0 saturated heterocycles. The number of Topliss-reactive ketones (excluding diaryl/α,β-unsaturated/α-hetero) is 1. The molecule has 8 heteroatoms. The molecule has 0 aromatic carbocycles. The molecule has 4 heterocycles. The lowest BCUT2D eigenvalue weighted by atomic mass is 9.64. The lowest BCUT2D eigenvalue weighted by molar-refractivity contribution is -0.158. The number of fused-ring (bicyclic) bond motifs is 3. The van der Waals surface area contributed by atoms with Crippen LogP contribution in [0.15, 0.2) is 51.4 Å². The van der Waals surface area contributed by atoms with Crippen LogP contribution in [0.4, 0.5) is 0 Å². The summed E-state index contributed by atoms with van der Waals surface area (Å²) in [5.74, 6) is -0.673. The van der Waals surface area contributed by atoms with Crippen molar-refractivity contribution >= 4 is 23.4 Å². The molecule has 1 amide bonds. The van der Waals surface area contributed by atoms with Crippen molar-refractivity contribution in [1.29, 1.82) is 0 Å². The van der Waals surface area contributed by atoms with E-state index in [-0.39, 0.29) is 54.4 Å². The van der Waals surface area contributed by atoms with E-state index in [9.17, 15) is 19.5 Å². The SMILES string of the molecule is CCC1(C)C2=C(N=C3C=CC(O)=CC31)C1CC3=C(COC(=O)[C@@]3(CC)CC(=O)CN)C(=O)N1C2. The highest BCUT2D eigenvalue weighted by atomic mass is 16.5. The monoisotopic (exact) mass is 465 g/mol. The number of rotatable bonds is 5. The number of cyclic esters (lactones) is 1. The Kier molecular flexibility index (Phi) is 5.20. The molecule has 3 unspecified atom stereocenters. The van der Waals surface area contributed by atoms with E-state index in [0.29, 0.717) is 30.5 Å². The summed E-state index contributed by atoms with van der Waals surface area (Å²) in [5, 5.41) is 10.2. The number of nitrogens with zero attached hydrogens (tertiary/aromatic N) is 2. The standard InChI is InChI=1S/C26H31N3O5/c1-4-25(3)18-8-14(30)6-7-20(18)28-22-19(25)12-29-21(22)9-17-16(23(29)32)13-34-24(33)26(17,5-2)10-15(31)11-27/h6-8,18,21,30H,4-5,9-13,27H2,1-3H3/t18?,21?,25?,26-/m0/s1. The van der Waals surface area contributed by atoms with Gasteiger partial charge in [-0.05, 0) is 48.6 Å². The molecule has 5 rings (SSSR count). The molecule has 0 fully saturated rings. The van der Waals surface area contributed by atoms with Crippen LogP contribution in [0.1, 0.15) is 46.5 Å². The van der Waals surface area contributed by atoms with Crippen LogP contribution in [0.3, 0.4) is 0 Å². The van der Waals surface area contributed by atoms with E-state index in [2.05, 4.69) is 13.8 Å². The van der Waals surface area contributed by atoms with Crippen LogP contribution in [-0.2, 0) is 19.1 Å². The number of hydrogen-bond donors (Lipinski definition) is 2. The summed E-state index contributed by atoms with van der Waals surface area (Å²) in [7, 11) is 0. The highest BCUT2D eigenvalue weighted by molar-refractivity contribution is 6.04. The minimum atomic E-state index is -1.16. The molecule has 0 spiro atoms. The van der Waals surface area contributed by atoms with Crippen LogP contribution in [0, 0.1) is 16.7 Å². The smallest absolute Gasteiger partial charge is 0.317 e. The lowest BCUT2D eigenvalue weighted by Crippen LogP contribution is -2.51. The number of carbonyl (C=O) groups excluding carboxylic acids is 3. The molecule has 0 saturated carbocycles. The fourth-order valence-corrected chi connectivity index (χ4v) is 6.43. The van der Waals surface area contributed by atoms with Crippen LogP contribution in [-0.4, -0.2) is 59.1 Å². The van der Waals surface area contributed by atoms with E-state index < -0.39 is 11.4 Å². The largest absolute Gasteiger partial charge is 0.508 e. The molecule has 0 bridgehead atoms. The Morgan fingerprint density at radius 1 is 1.26 bits per heavy atom. The molecule has 4 atom stereocenters. The maximum atomic E-state index is 13.7. The van der Waals surface area contributed by atoms with Gasteiger partial charge in [-0.25, -0.2) is 0 Å². The third-order valence-electron chi connectivity index (χ3n) is 8.70. The molecule has 0 aromatic rings. The van der Waals surface area contributed by atoms with Crippen LogP contribution in [0.5, 0.6) is 0 Å². The van der Waals surface area contributed by atoms with Crippen molar-refractivity contribution in [2.24, 2.45) is 27.5 Å². The first-order valence-electron chi connectivity index (χ1n) is 12.0. The van der Waals surface area contributed by atoms with E-state index in [0.717, 1.165) is 23.4 Å². The number of carbonyl (C=O) groups is 3. The average molecular weight is 466 g/mol. The normalized spacial score (nSPS) is 34.2. The molecular weight excluding hydrogens is 434 g/mol. The number of aliphatic imine (C=N–C) groups is 1. The number of esters is 1. The summed E-state index contributed by atoms with van der Waals surface area (Å²) in [6.07, 6.45) is 6.92. The zero-order valence-electron chi connectivity index (χ0n) is 19.9. The summed E-state index contributed by atoms with van der Waals surface area (Å²) < 4.78 is 5.47. The predicted molar refractivity (Wildman–Crippen MR) is 126 cm³/mol. The van der Waals surface area contributed by atoms with Crippen molar-refractivity contribution in [1.82, 2.24) is 4.90 Å². The Morgan fingerprint density at radius 2 is 2.03 bits per heavy atom. The number of allylic oxidation sites excluding steroid dienone is 3. The Morgan fingerprint density at radius 3 is 2.71 bits per heavy atom. The van der Waals surface area contributed by atoms with Crippen molar-refractivity contribution < 1.29 is 24.2 Å². The Bertz CT molecular complexity index is 1160. The van der Waals surface area contributed by atoms with Gasteiger partial charge in [0.15, 0.2) is 0 Å². The zero-order valence-corrected chi connectivity index (χ0v) is 19.9. The fraction of sp³-hybridized carbons (Fsp3) is 0.538. The third kappa shape index (κ3) is 2.94. The van der Waals surface area contributed by atoms with Gasteiger partial charge < -0.3 is 20.5 Å². The maximum absolute atomic E-state index is 13.7. The summed E-state index contributed by atoms with van der Waals surface area (Å²) in [5.41, 5.74) is 8.19. The van der Waals surface area contributed by atoms with Crippen molar-refractivity contribution in [2.45, 2.75) is 52.5 Å². The van der Waals surface area contributed by atoms with Crippen LogP contribution >= 0.6 is 0 Å². The van der Waals surface area contributed by atoms with Gasteiger partial charge in [0.1, 0.15) is 18.1 Å². The third-order valence-corrected chi connectivity index (χ3v) is 8.70. The topological polar surface area (TPSA) is 122 Å². The van der Waals surface area contributed by atoms with E-state index >= 15 is 0 Å². The van der Waals surface area contributed by atoms with Crippen LogP contribution in [0.2, 0.25) is 0 Å². The minimum absolute atomic E-state index is 0.0559. The van der Waals surface area contributed by atoms with Gasteiger partial charge in [0.2, 0.25) is 0 Å². The van der Waals surface area contributed by atoms with Gasteiger partial charge in [-0.15, -0.1) is 0 Å². The van der Waals surface area contributed by atoms with Gasteiger partial charge in [-0.2, -0.15) is 0 Å². The molecule has 4 aliphatic heterocycles. The summed E-state index contributed by atoms with van der Waals surface area (Å²) in [4.78, 5) is 46.0. The zero-order chi connectivity index (χ0) is 24.4. The van der Waals surface area contributed by atoms with E-state index in [1.165, 1.54) is 0 Å². The van der Waals surface area contributed by atoms with Gasteiger partial charge in [0, 0.05) is 30.0 Å². The van der Waals surface area contributed by atoms with E-state index in [1.54, 1.807) is 6.08 Å². The molecule has 1 aliphatic carbocycles. The van der Waals surface area contributed by atoms with Gasteiger partial charge in [0.05, 0.1) is 29.3 Å². The number of hydrogen-bond acceptors (Lipinski definition) is 7. The highest BCUT2D eigenvalue weighted by Crippen LogP contribution is 2.54. The van der Waals surface area contributed by atoms with Crippen molar-refractivity contribution in [3.8, 4) is 0 Å². The van der Waals surface area contributed by atoms with Crippen molar-refractivity contribution in [2.75, 3.05) is 19.7 Å². The predicted octanol–water partition coefficient (Wildman–Crippen LogP) is 2.52. The van der Waals surface area contributed by atoms with Gasteiger partial charge in [0.25, 0.3) is 5.91 Å². The van der Waals surface area contributed by atoms with Gasteiger partial charge >= 0.3 is 5.97 Å². The number of aliphatic hydroxyl groups excluding tert-OH is 1. The quantitative estimate of drug-likeness (QED) is 0.602. The van der Waals surface area contributed by atoms with Crippen LogP contribution in [0.25, 0.3) is 0 Å². The Balaban J connectivity index is 1.61. The number of ether oxygens (including phenoxy) is 1. The number of amides is 1. The summed E-state index contributed by atoms with van der Waals surface area (Å²) >= 11 is 0. The fourth-order valence-electron chi connectivity index (χ4n) is 6.43. The molecule has 3 N–H and O–H groups in total. The van der Waals surface area contributed by atoms with Gasteiger partial charge in [-0.3, -0.25) is 19.4 Å². The number of aliphatic hydroxyl groups is 1. The maximum Gasteiger partial charge on any atom is 0.317 e. The molecule has 180 valence electrons. The van der Waals surface area contributed by atoms with Crippen LogP contribution < -0.4 is 5.73 Å².